The van der Waals surface area contributed by atoms with Crippen molar-refractivity contribution < 1.29 is 13.6 Å². The van der Waals surface area contributed by atoms with Crippen LogP contribution in [0.5, 0.6) is 0 Å². The lowest BCUT2D eigenvalue weighted by molar-refractivity contribution is -0.126. The molecule has 1 fully saturated rings. The fraction of sp³-hybridized carbons (Fsp3) is 0.476. The highest BCUT2D eigenvalue weighted by atomic mass is 19.2. The van der Waals surface area contributed by atoms with Gasteiger partial charge in [-0.1, -0.05) is 26.2 Å². The number of carbonyl (C=O) groups excluding carboxylic acids is 1. The van der Waals surface area contributed by atoms with Gasteiger partial charge in [-0.15, -0.1) is 0 Å². The van der Waals surface area contributed by atoms with Crippen molar-refractivity contribution in [3.8, 4) is 11.3 Å². The number of hydrogen-bond donors (Lipinski definition) is 1. The maximum absolute atomic E-state index is 13.5. The minimum Gasteiger partial charge on any atom is -0.351 e. The summed E-state index contributed by atoms with van der Waals surface area (Å²) in [6.07, 6.45) is 5.80. The summed E-state index contributed by atoms with van der Waals surface area (Å²) in [6, 6.07) is 6.10. The van der Waals surface area contributed by atoms with Crippen molar-refractivity contribution >= 4 is 5.91 Å². The second kappa shape index (κ2) is 9.08. The summed E-state index contributed by atoms with van der Waals surface area (Å²) in [5.41, 5.74) is 0.440. The molecule has 28 heavy (non-hydrogen) atoms. The zero-order valence-corrected chi connectivity index (χ0v) is 16.0. The standard InChI is InChI=1S/C21H25F2N3O2/c1-2-16(24-21(28)14-6-4-3-5-7-14)13-26-20(27)11-10-19(25-26)15-8-9-17(22)18(23)12-15/h8-12,14,16H,2-7,13H2,1H3,(H,24,28)/t16-/m0/s1. The van der Waals surface area contributed by atoms with Gasteiger partial charge in [-0.2, -0.15) is 5.10 Å². The molecule has 0 unspecified atom stereocenters. The fourth-order valence-corrected chi connectivity index (χ4v) is 3.56. The van der Waals surface area contributed by atoms with Gasteiger partial charge in [-0.3, -0.25) is 9.59 Å². The monoisotopic (exact) mass is 389 g/mol. The quantitative estimate of drug-likeness (QED) is 0.820. The Morgan fingerprint density at radius 3 is 2.61 bits per heavy atom. The van der Waals surface area contributed by atoms with Crippen molar-refractivity contribution in [3.63, 3.8) is 0 Å². The molecule has 0 bridgehead atoms. The third kappa shape index (κ3) is 4.82. The first-order valence-corrected chi connectivity index (χ1v) is 9.82. The average Bonchev–Trinajstić information content (AvgIpc) is 2.71. The molecule has 150 valence electrons. The molecule has 1 aliphatic carbocycles. The highest BCUT2D eigenvalue weighted by molar-refractivity contribution is 5.79. The smallest absolute Gasteiger partial charge is 0.266 e. The van der Waals surface area contributed by atoms with E-state index < -0.39 is 11.6 Å². The maximum Gasteiger partial charge on any atom is 0.266 e. The van der Waals surface area contributed by atoms with Crippen molar-refractivity contribution in [1.29, 1.82) is 0 Å². The van der Waals surface area contributed by atoms with Crippen LogP contribution >= 0.6 is 0 Å². The molecule has 0 saturated heterocycles. The Balaban J connectivity index is 1.75. The molecule has 1 atom stereocenters. The topological polar surface area (TPSA) is 64.0 Å². The van der Waals surface area contributed by atoms with E-state index >= 15 is 0 Å². The van der Waals surface area contributed by atoms with Gasteiger partial charge in [0.2, 0.25) is 5.91 Å². The molecule has 1 aliphatic rings. The summed E-state index contributed by atoms with van der Waals surface area (Å²) in [4.78, 5) is 24.7. The Hall–Kier alpha value is -2.57. The largest absolute Gasteiger partial charge is 0.351 e. The number of carbonyl (C=O) groups is 1. The molecule has 0 radical (unpaired) electrons. The normalized spacial score (nSPS) is 16.0. The molecular weight excluding hydrogens is 364 g/mol. The van der Waals surface area contributed by atoms with Gasteiger partial charge in [0.05, 0.1) is 12.2 Å². The first-order valence-electron chi connectivity index (χ1n) is 9.82. The van der Waals surface area contributed by atoms with Crippen molar-refractivity contribution in [1.82, 2.24) is 15.1 Å². The van der Waals surface area contributed by atoms with E-state index in [1.807, 2.05) is 6.92 Å². The number of rotatable bonds is 6. The van der Waals surface area contributed by atoms with E-state index in [9.17, 15) is 18.4 Å². The average molecular weight is 389 g/mol. The molecule has 5 nitrogen and oxygen atoms in total. The zero-order chi connectivity index (χ0) is 20.1. The number of hydrogen-bond acceptors (Lipinski definition) is 3. The molecule has 1 aromatic carbocycles. The van der Waals surface area contributed by atoms with Crippen LogP contribution in [0.1, 0.15) is 45.4 Å². The number of aromatic nitrogens is 2. The first kappa shape index (κ1) is 20.2. The van der Waals surface area contributed by atoms with E-state index in [0.717, 1.165) is 37.8 Å². The minimum absolute atomic E-state index is 0.0383. The minimum atomic E-state index is -0.969. The molecular formula is C21H25F2N3O2. The van der Waals surface area contributed by atoms with E-state index in [1.54, 1.807) is 0 Å². The molecule has 0 spiro atoms. The van der Waals surface area contributed by atoms with Crippen LogP contribution in [0.4, 0.5) is 8.78 Å². The SMILES string of the molecule is CC[C@@H](Cn1nc(-c2ccc(F)c(F)c2)ccc1=O)NC(=O)C1CCCCC1. The van der Waals surface area contributed by atoms with Crippen LogP contribution in [0.2, 0.25) is 0 Å². The summed E-state index contributed by atoms with van der Waals surface area (Å²) < 4.78 is 27.9. The maximum atomic E-state index is 13.5. The van der Waals surface area contributed by atoms with Gasteiger partial charge < -0.3 is 5.32 Å². The summed E-state index contributed by atoms with van der Waals surface area (Å²) in [5.74, 6) is -1.82. The van der Waals surface area contributed by atoms with Crippen molar-refractivity contribution in [2.24, 2.45) is 5.92 Å². The molecule has 1 heterocycles. The van der Waals surface area contributed by atoms with Crippen LogP contribution in [0.15, 0.2) is 35.1 Å². The Labute approximate surface area is 162 Å². The summed E-state index contributed by atoms with van der Waals surface area (Å²) in [7, 11) is 0. The molecule has 3 rings (SSSR count). The Bertz CT molecular complexity index is 891. The molecule has 1 saturated carbocycles. The summed E-state index contributed by atoms with van der Waals surface area (Å²) in [5, 5.41) is 7.32. The van der Waals surface area contributed by atoms with E-state index in [4.69, 9.17) is 0 Å². The van der Waals surface area contributed by atoms with E-state index in [-0.39, 0.29) is 30.0 Å². The highest BCUT2D eigenvalue weighted by Crippen LogP contribution is 2.24. The van der Waals surface area contributed by atoms with E-state index in [1.165, 1.54) is 29.3 Å². The van der Waals surface area contributed by atoms with Gasteiger partial charge in [0, 0.05) is 23.6 Å². The second-order valence-corrected chi connectivity index (χ2v) is 7.32. The zero-order valence-electron chi connectivity index (χ0n) is 16.0. The van der Waals surface area contributed by atoms with Crippen LogP contribution in [-0.2, 0) is 11.3 Å². The van der Waals surface area contributed by atoms with Crippen molar-refractivity contribution in [3.05, 3.63) is 52.3 Å². The summed E-state index contributed by atoms with van der Waals surface area (Å²) >= 11 is 0. The number of halogens is 2. The third-order valence-corrected chi connectivity index (χ3v) is 5.29. The Morgan fingerprint density at radius 2 is 1.93 bits per heavy atom. The molecule has 1 N–H and O–H groups in total. The van der Waals surface area contributed by atoms with Gasteiger partial charge >= 0.3 is 0 Å². The van der Waals surface area contributed by atoms with E-state index in [0.29, 0.717) is 17.7 Å². The van der Waals surface area contributed by atoms with Gasteiger partial charge in [-0.05, 0) is 43.5 Å². The Morgan fingerprint density at radius 1 is 1.18 bits per heavy atom. The second-order valence-electron chi connectivity index (χ2n) is 7.32. The fourth-order valence-electron chi connectivity index (χ4n) is 3.56. The van der Waals surface area contributed by atoms with Gasteiger partial charge in [0.15, 0.2) is 11.6 Å². The van der Waals surface area contributed by atoms with Crippen LogP contribution < -0.4 is 10.9 Å². The predicted molar refractivity (Wildman–Crippen MR) is 103 cm³/mol. The van der Waals surface area contributed by atoms with Crippen molar-refractivity contribution in [2.45, 2.75) is 58.0 Å². The highest BCUT2D eigenvalue weighted by Gasteiger charge is 2.23. The van der Waals surface area contributed by atoms with Gasteiger partial charge in [0.25, 0.3) is 5.56 Å². The lowest BCUT2D eigenvalue weighted by Crippen LogP contribution is -2.43. The van der Waals surface area contributed by atoms with Crippen molar-refractivity contribution in [2.75, 3.05) is 0 Å². The van der Waals surface area contributed by atoms with Crippen LogP contribution in [0, 0.1) is 17.6 Å². The van der Waals surface area contributed by atoms with Crippen LogP contribution in [-0.4, -0.2) is 21.7 Å². The molecule has 1 amide bonds. The van der Waals surface area contributed by atoms with Crippen LogP contribution in [0.25, 0.3) is 11.3 Å². The first-order chi connectivity index (χ1) is 13.5. The van der Waals surface area contributed by atoms with E-state index in [2.05, 4.69) is 10.4 Å². The summed E-state index contributed by atoms with van der Waals surface area (Å²) in [6.45, 7) is 2.17. The predicted octanol–water partition coefficient (Wildman–Crippen LogP) is 3.66. The molecule has 7 heteroatoms. The number of nitrogens with one attached hydrogen (secondary N) is 1. The van der Waals surface area contributed by atoms with Gasteiger partial charge in [0.1, 0.15) is 0 Å². The van der Waals surface area contributed by atoms with Crippen LogP contribution in [0.3, 0.4) is 0 Å². The van der Waals surface area contributed by atoms with Gasteiger partial charge in [-0.25, -0.2) is 13.5 Å². The number of benzene rings is 1. The number of nitrogens with zero attached hydrogens (tertiary/aromatic N) is 2. The molecule has 2 aromatic rings. The lowest BCUT2D eigenvalue weighted by Gasteiger charge is -2.24. The number of amides is 1. The molecule has 0 aliphatic heterocycles. The lowest BCUT2D eigenvalue weighted by atomic mass is 9.88. The molecule has 1 aromatic heterocycles. The Kier molecular flexibility index (Phi) is 6.54. The third-order valence-electron chi connectivity index (χ3n) is 5.29.